The second-order valence-corrected chi connectivity index (χ2v) is 7.82. The summed E-state index contributed by atoms with van der Waals surface area (Å²) in [5.74, 6) is 0.573. The fraction of sp³-hybridized carbons (Fsp3) is 0.150. The van der Waals surface area contributed by atoms with Crippen molar-refractivity contribution in [3.63, 3.8) is 0 Å². The lowest BCUT2D eigenvalue weighted by atomic mass is 10.1. The Hall–Kier alpha value is -2.90. The molecule has 4 N–H and O–H groups in total. The van der Waals surface area contributed by atoms with E-state index in [0.29, 0.717) is 24.3 Å². The lowest BCUT2D eigenvalue weighted by Crippen LogP contribution is -2.25. The number of rotatable bonds is 8. The molecule has 0 aromatic heterocycles. The Morgan fingerprint density at radius 3 is 2.56 bits per heavy atom. The van der Waals surface area contributed by atoms with E-state index in [0.717, 1.165) is 10.8 Å². The molecule has 6 nitrogen and oxygen atoms in total. The van der Waals surface area contributed by atoms with Gasteiger partial charge in [0.1, 0.15) is 11.6 Å². The Morgan fingerprint density at radius 1 is 1.00 bits per heavy atom. The van der Waals surface area contributed by atoms with Crippen LogP contribution >= 0.6 is 0 Å². The van der Waals surface area contributed by atoms with Crippen LogP contribution in [0.4, 0.5) is 0 Å². The molecule has 0 bridgehead atoms. The predicted octanol–water partition coefficient (Wildman–Crippen LogP) is 2.87. The lowest BCUT2D eigenvalue weighted by molar-refractivity contribution is 0.311. The van der Waals surface area contributed by atoms with Crippen molar-refractivity contribution in [3.05, 3.63) is 72.3 Å². The third-order valence-electron chi connectivity index (χ3n) is 4.06. The van der Waals surface area contributed by atoms with E-state index in [1.807, 2.05) is 24.3 Å². The Morgan fingerprint density at radius 2 is 1.78 bits per heavy atom. The normalized spacial score (nSPS) is 11.4. The first-order valence-corrected chi connectivity index (χ1v) is 10.00. The van der Waals surface area contributed by atoms with Crippen molar-refractivity contribution < 1.29 is 13.2 Å². The lowest BCUT2D eigenvalue weighted by Gasteiger charge is -2.09. The molecule has 0 saturated carbocycles. The van der Waals surface area contributed by atoms with E-state index in [9.17, 15) is 8.42 Å². The Labute approximate surface area is 158 Å². The van der Waals surface area contributed by atoms with Crippen molar-refractivity contribution in [2.75, 3.05) is 13.2 Å². The van der Waals surface area contributed by atoms with Gasteiger partial charge in [0.05, 0.1) is 11.5 Å². The van der Waals surface area contributed by atoms with Gasteiger partial charge >= 0.3 is 0 Å². The maximum atomic E-state index is 12.4. The zero-order chi connectivity index (χ0) is 19.3. The van der Waals surface area contributed by atoms with E-state index in [1.165, 1.54) is 0 Å². The first kappa shape index (κ1) is 18.9. The maximum absolute atomic E-state index is 12.4. The molecule has 0 unspecified atom stereocenters. The van der Waals surface area contributed by atoms with Gasteiger partial charge in [-0.15, -0.1) is 0 Å². The summed E-state index contributed by atoms with van der Waals surface area (Å²) in [5.41, 5.74) is 6.04. The highest BCUT2D eigenvalue weighted by molar-refractivity contribution is 7.89. The van der Waals surface area contributed by atoms with Crippen molar-refractivity contribution in [2.45, 2.75) is 11.3 Å². The largest absolute Gasteiger partial charge is 0.494 e. The van der Waals surface area contributed by atoms with Crippen molar-refractivity contribution in [1.82, 2.24) is 4.72 Å². The van der Waals surface area contributed by atoms with Crippen LogP contribution in [-0.2, 0) is 10.0 Å². The van der Waals surface area contributed by atoms with Crippen molar-refractivity contribution in [3.8, 4) is 5.75 Å². The van der Waals surface area contributed by atoms with Gasteiger partial charge < -0.3 is 10.5 Å². The van der Waals surface area contributed by atoms with Crippen LogP contribution in [0.15, 0.2) is 71.6 Å². The predicted molar refractivity (Wildman–Crippen MR) is 107 cm³/mol. The first-order chi connectivity index (χ1) is 13.0. The molecule has 0 amide bonds. The number of benzene rings is 3. The molecule has 0 aliphatic rings. The Balaban J connectivity index is 1.53. The molecule has 3 rings (SSSR count). The number of nitrogens with one attached hydrogen (secondary N) is 2. The minimum Gasteiger partial charge on any atom is -0.494 e. The number of amidine groups is 1. The number of sulfonamides is 1. The molecule has 0 fully saturated rings. The van der Waals surface area contributed by atoms with Crippen LogP contribution in [-0.4, -0.2) is 27.4 Å². The molecule has 27 heavy (non-hydrogen) atoms. The van der Waals surface area contributed by atoms with Crippen molar-refractivity contribution in [2.24, 2.45) is 5.73 Å². The highest BCUT2D eigenvalue weighted by Gasteiger charge is 2.13. The average molecular weight is 383 g/mol. The SMILES string of the molecule is N=C(N)c1cccc(OCCCNS(=O)(=O)c2ccc3ccccc3c2)c1. The van der Waals surface area contributed by atoms with Crippen LogP contribution in [0.25, 0.3) is 10.8 Å². The van der Waals surface area contributed by atoms with Crippen LogP contribution in [0, 0.1) is 5.41 Å². The zero-order valence-electron chi connectivity index (χ0n) is 14.7. The molecule has 0 heterocycles. The quantitative estimate of drug-likeness (QED) is 0.316. The summed E-state index contributed by atoms with van der Waals surface area (Å²) in [6, 6.07) is 19.6. The second kappa shape index (κ2) is 8.20. The van der Waals surface area contributed by atoms with Gasteiger partial charge in [-0.25, -0.2) is 13.1 Å². The van der Waals surface area contributed by atoms with Gasteiger partial charge in [-0.05, 0) is 41.5 Å². The van der Waals surface area contributed by atoms with Crippen LogP contribution in [0.2, 0.25) is 0 Å². The van der Waals surface area contributed by atoms with E-state index >= 15 is 0 Å². The van der Waals surface area contributed by atoms with Crippen LogP contribution in [0.1, 0.15) is 12.0 Å². The van der Waals surface area contributed by atoms with Crippen molar-refractivity contribution in [1.29, 1.82) is 5.41 Å². The summed E-state index contributed by atoms with van der Waals surface area (Å²) in [6.07, 6.45) is 0.511. The molecule has 7 heteroatoms. The summed E-state index contributed by atoms with van der Waals surface area (Å²) >= 11 is 0. The van der Waals surface area contributed by atoms with E-state index < -0.39 is 10.0 Å². The second-order valence-electron chi connectivity index (χ2n) is 6.05. The molecule has 140 valence electrons. The number of hydrogen-bond acceptors (Lipinski definition) is 4. The van der Waals surface area contributed by atoms with Crippen molar-refractivity contribution >= 4 is 26.6 Å². The minimum absolute atomic E-state index is 0.0244. The van der Waals surface area contributed by atoms with Gasteiger partial charge in [0, 0.05) is 12.1 Å². The summed E-state index contributed by atoms with van der Waals surface area (Å²) < 4.78 is 33.1. The van der Waals surface area contributed by atoms with Crippen LogP contribution in [0.5, 0.6) is 5.75 Å². The third kappa shape index (κ3) is 4.84. The highest BCUT2D eigenvalue weighted by Crippen LogP contribution is 2.19. The number of ether oxygens (including phenoxy) is 1. The van der Waals surface area contributed by atoms with Gasteiger partial charge in [0.2, 0.25) is 10.0 Å². The minimum atomic E-state index is -3.57. The van der Waals surface area contributed by atoms with E-state index in [1.54, 1.807) is 42.5 Å². The van der Waals surface area contributed by atoms with Gasteiger partial charge in [-0.1, -0.05) is 42.5 Å². The molecule has 0 aliphatic heterocycles. The number of fused-ring (bicyclic) bond motifs is 1. The molecule has 0 atom stereocenters. The van der Waals surface area contributed by atoms with Gasteiger partial charge in [0.15, 0.2) is 0 Å². The molecule has 0 saturated heterocycles. The Bertz CT molecular complexity index is 1060. The summed E-state index contributed by atoms with van der Waals surface area (Å²) in [6.45, 7) is 0.614. The van der Waals surface area contributed by atoms with E-state index in [-0.39, 0.29) is 17.3 Å². The van der Waals surface area contributed by atoms with E-state index in [2.05, 4.69) is 4.72 Å². The third-order valence-corrected chi connectivity index (χ3v) is 5.52. The maximum Gasteiger partial charge on any atom is 0.240 e. The van der Waals surface area contributed by atoms with Gasteiger partial charge in [0.25, 0.3) is 0 Å². The average Bonchev–Trinajstić information content (AvgIpc) is 2.67. The summed E-state index contributed by atoms with van der Waals surface area (Å²) in [4.78, 5) is 0.247. The molecule has 0 spiro atoms. The topological polar surface area (TPSA) is 105 Å². The molecule has 3 aromatic rings. The fourth-order valence-corrected chi connectivity index (χ4v) is 3.75. The van der Waals surface area contributed by atoms with Gasteiger partial charge in [-0.2, -0.15) is 0 Å². The zero-order valence-corrected chi connectivity index (χ0v) is 15.5. The summed E-state index contributed by atoms with van der Waals surface area (Å²) in [5, 5.41) is 9.30. The molecule has 3 aromatic carbocycles. The number of nitrogen functional groups attached to an aromatic ring is 1. The number of hydrogen-bond donors (Lipinski definition) is 3. The molecule has 0 radical (unpaired) electrons. The number of nitrogens with two attached hydrogens (primary N) is 1. The van der Waals surface area contributed by atoms with Crippen LogP contribution < -0.4 is 15.2 Å². The fourth-order valence-electron chi connectivity index (χ4n) is 2.64. The van der Waals surface area contributed by atoms with E-state index in [4.69, 9.17) is 15.9 Å². The van der Waals surface area contributed by atoms with Gasteiger partial charge in [-0.3, -0.25) is 5.41 Å². The Kier molecular flexibility index (Phi) is 5.73. The monoisotopic (exact) mass is 383 g/mol. The molecule has 0 aliphatic carbocycles. The first-order valence-electron chi connectivity index (χ1n) is 8.51. The highest BCUT2D eigenvalue weighted by atomic mass is 32.2. The standard InChI is InChI=1S/C20H21N3O3S/c21-20(22)17-7-3-8-18(13-17)26-12-4-11-23-27(24,25)19-10-9-15-5-1-2-6-16(15)14-19/h1-3,5-10,13-14,23H,4,11-12H2,(H3,21,22). The van der Waals surface area contributed by atoms with Crippen LogP contribution in [0.3, 0.4) is 0 Å². The smallest absolute Gasteiger partial charge is 0.240 e. The molecular weight excluding hydrogens is 362 g/mol. The summed E-state index contributed by atoms with van der Waals surface area (Å²) in [7, 11) is -3.57. The molecular formula is C20H21N3O3S.